The van der Waals surface area contributed by atoms with Gasteiger partial charge in [0, 0.05) is 17.1 Å². The maximum atomic E-state index is 9.23. The fourth-order valence-corrected chi connectivity index (χ4v) is 1.94. The Hall–Kier alpha value is -1.32. The van der Waals surface area contributed by atoms with Crippen molar-refractivity contribution in [3.05, 3.63) is 36.0 Å². The number of fused-ring (bicyclic) bond motifs is 1. The van der Waals surface area contributed by atoms with Crippen LogP contribution in [-0.2, 0) is 13.3 Å². The highest BCUT2D eigenvalue weighted by molar-refractivity contribution is 5.83. The molecule has 0 saturated heterocycles. The topological polar surface area (TPSA) is 37.2 Å². The zero-order valence-corrected chi connectivity index (χ0v) is 9.61. The molecule has 0 bridgehead atoms. The van der Waals surface area contributed by atoms with Gasteiger partial charge in [0.05, 0.1) is 13.3 Å². The van der Waals surface area contributed by atoms with E-state index in [1.807, 2.05) is 12.1 Å². The summed E-state index contributed by atoms with van der Waals surface area (Å²) in [6.45, 7) is 4.11. The number of aliphatic hydroxyl groups is 1. The molecule has 0 aliphatic rings. The lowest BCUT2D eigenvalue weighted by molar-refractivity contribution is 0.283. The third-order valence-electron chi connectivity index (χ3n) is 2.78. The largest absolute Gasteiger partial charge is 0.392 e. The SMILES string of the molecule is CCCNCn1ccc2c(CO)cccc21. The Balaban J connectivity index is 2.27. The van der Waals surface area contributed by atoms with E-state index in [1.54, 1.807) is 0 Å². The number of hydrogen-bond acceptors (Lipinski definition) is 2. The molecule has 1 aromatic carbocycles. The molecule has 0 amide bonds. The summed E-state index contributed by atoms with van der Waals surface area (Å²) in [5.41, 5.74) is 2.17. The van der Waals surface area contributed by atoms with Crippen LogP contribution in [0.15, 0.2) is 30.5 Å². The number of nitrogens with zero attached hydrogens (tertiary/aromatic N) is 1. The van der Waals surface area contributed by atoms with Crippen LogP contribution in [0.2, 0.25) is 0 Å². The van der Waals surface area contributed by atoms with Gasteiger partial charge in [0.15, 0.2) is 0 Å². The summed E-state index contributed by atoms with van der Waals surface area (Å²) in [6, 6.07) is 8.10. The van der Waals surface area contributed by atoms with Gasteiger partial charge in [-0.2, -0.15) is 0 Å². The molecular formula is C13H18N2O. The number of aromatic nitrogens is 1. The van der Waals surface area contributed by atoms with Gasteiger partial charge in [0.25, 0.3) is 0 Å². The number of aliphatic hydroxyl groups excluding tert-OH is 1. The predicted molar refractivity (Wildman–Crippen MR) is 66.2 cm³/mol. The smallest absolute Gasteiger partial charge is 0.0726 e. The predicted octanol–water partition coefficient (Wildman–Crippen LogP) is 2.09. The second-order valence-electron chi connectivity index (χ2n) is 3.95. The van der Waals surface area contributed by atoms with Gasteiger partial charge in [-0.25, -0.2) is 0 Å². The average molecular weight is 218 g/mol. The Morgan fingerprint density at radius 1 is 1.31 bits per heavy atom. The van der Waals surface area contributed by atoms with Crippen LogP contribution in [0, 0.1) is 0 Å². The summed E-state index contributed by atoms with van der Waals surface area (Å²) in [5, 5.41) is 13.7. The molecule has 0 atom stereocenters. The van der Waals surface area contributed by atoms with Crippen molar-refractivity contribution in [1.29, 1.82) is 0 Å². The van der Waals surface area contributed by atoms with E-state index in [0.29, 0.717) is 0 Å². The lowest BCUT2D eigenvalue weighted by Gasteiger charge is -2.07. The van der Waals surface area contributed by atoms with Gasteiger partial charge in [0.2, 0.25) is 0 Å². The van der Waals surface area contributed by atoms with Gasteiger partial charge in [-0.1, -0.05) is 19.1 Å². The van der Waals surface area contributed by atoms with Crippen molar-refractivity contribution >= 4 is 10.9 Å². The van der Waals surface area contributed by atoms with E-state index in [4.69, 9.17) is 0 Å². The third kappa shape index (κ3) is 2.10. The maximum Gasteiger partial charge on any atom is 0.0726 e. The Kier molecular flexibility index (Phi) is 3.59. The maximum absolute atomic E-state index is 9.23. The molecule has 16 heavy (non-hydrogen) atoms. The first kappa shape index (κ1) is 11.2. The zero-order chi connectivity index (χ0) is 11.4. The second-order valence-corrected chi connectivity index (χ2v) is 3.95. The molecule has 0 aliphatic carbocycles. The molecule has 2 N–H and O–H groups in total. The first-order valence-electron chi connectivity index (χ1n) is 5.75. The average Bonchev–Trinajstić information content (AvgIpc) is 2.73. The Morgan fingerprint density at radius 3 is 2.94 bits per heavy atom. The third-order valence-corrected chi connectivity index (χ3v) is 2.78. The van der Waals surface area contributed by atoms with E-state index in [2.05, 4.69) is 35.1 Å². The summed E-state index contributed by atoms with van der Waals surface area (Å²) in [5.74, 6) is 0. The minimum atomic E-state index is 0.101. The van der Waals surface area contributed by atoms with Crippen LogP contribution >= 0.6 is 0 Å². The summed E-state index contributed by atoms with van der Waals surface area (Å²) >= 11 is 0. The first-order valence-corrected chi connectivity index (χ1v) is 5.75. The van der Waals surface area contributed by atoms with E-state index < -0.39 is 0 Å². The van der Waals surface area contributed by atoms with E-state index in [0.717, 1.165) is 30.6 Å². The van der Waals surface area contributed by atoms with Gasteiger partial charge in [-0.3, -0.25) is 5.32 Å². The number of nitrogens with one attached hydrogen (secondary N) is 1. The molecule has 1 heterocycles. The zero-order valence-electron chi connectivity index (χ0n) is 9.61. The Bertz CT molecular complexity index is 462. The second kappa shape index (κ2) is 5.14. The summed E-state index contributed by atoms with van der Waals surface area (Å²) in [4.78, 5) is 0. The van der Waals surface area contributed by atoms with Crippen molar-refractivity contribution in [1.82, 2.24) is 9.88 Å². The highest BCUT2D eigenvalue weighted by Gasteiger charge is 2.03. The van der Waals surface area contributed by atoms with Crippen molar-refractivity contribution in [2.24, 2.45) is 0 Å². The molecule has 0 fully saturated rings. The normalized spacial score (nSPS) is 11.1. The summed E-state index contributed by atoms with van der Waals surface area (Å²) < 4.78 is 2.17. The van der Waals surface area contributed by atoms with Gasteiger partial charge in [-0.15, -0.1) is 0 Å². The van der Waals surface area contributed by atoms with E-state index in [1.165, 1.54) is 5.52 Å². The van der Waals surface area contributed by atoms with Crippen LogP contribution in [0.5, 0.6) is 0 Å². The fourth-order valence-electron chi connectivity index (χ4n) is 1.94. The quantitative estimate of drug-likeness (QED) is 0.754. The van der Waals surface area contributed by atoms with E-state index in [-0.39, 0.29) is 6.61 Å². The van der Waals surface area contributed by atoms with Gasteiger partial charge in [0.1, 0.15) is 0 Å². The summed E-state index contributed by atoms with van der Waals surface area (Å²) in [7, 11) is 0. The van der Waals surface area contributed by atoms with Crippen molar-refractivity contribution in [3.63, 3.8) is 0 Å². The van der Waals surface area contributed by atoms with Crippen molar-refractivity contribution < 1.29 is 5.11 Å². The van der Waals surface area contributed by atoms with Crippen LogP contribution in [-0.4, -0.2) is 16.2 Å². The van der Waals surface area contributed by atoms with Crippen molar-refractivity contribution in [2.45, 2.75) is 26.6 Å². The monoisotopic (exact) mass is 218 g/mol. The Labute approximate surface area is 95.7 Å². The minimum Gasteiger partial charge on any atom is -0.392 e. The number of rotatable bonds is 5. The van der Waals surface area contributed by atoms with Crippen LogP contribution in [0.3, 0.4) is 0 Å². The lowest BCUT2D eigenvalue weighted by Crippen LogP contribution is -2.18. The van der Waals surface area contributed by atoms with Crippen molar-refractivity contribution in [3.8, 4) is 0 Å². The number of hydrogen-bond donors (Lipinski definition) is 2. The van der Waals surface area contributed by atoms with Crippen LogP contribution in [0.1, 0.15) is 18.9 Å². The highest BCUT2D eigenvalue weighted by atomic mass is 16.3. The highest BCUT2D eigenvalue weighted by Crippen LogP contribution is 2.19. The van der Waals surface area contributed by atoms with Crippen molar-refractivity contribution in [2.75, 3.05) is 6.54 Å². The molecule has 3 nitrogen and oxygen atoms in total. The first-order chi connectivity index (χ1) is 7.86. The van der Waals surface area contributed by atoms with E-state index >= 15 is 0 Å². The molecule has 0 spiro atoms. The molecule has 2 rings (SSSR count). The van der Waals surface area contributed by atoms with Gasteiger partial charge >= 0.3 is 0 Å². The van der Waals surface area contributed by atoms with E-state index in [9.17, 15) is 5.11 Å². The standard InChI is InChI=1S/C13H18N2O/c1-2-7-14-10-15-8-6-12-11(9-16)4-3-5-13(12)15/h3-6,8,14,16H,2,7,9-10H2,1H3. The molecular weight excluding hydrogens is 200 g/mol. The Morgan fingerprint density at radius 2 is 2.19 bits per heavy atom. The van der Waals surface area contributed by atoms with Gasteiger partial charge < -0.3 is 9.67 Å². The number of benzene rings is 1. The molecule has 1 aromatic heterocycles. The molecule has 86 valence electrons. The molecule has 3 heteroatoms. The molecule has 0 unspecified atom stereocenters. The van der Waals surface area contributed by atoms with Crippen LogP contribution in [0.4, 0.5) is 0 Å². The van der Waals surface area contributed by atoms with Crippen LogP contribution < -0.4 is 5.32 Å². The van der Waals surface area contributed by atoms with Gasteiger partial charge in [-0.05, 0) is 30.7 Å². The molecule has 0 aliphatic heterocycles. The fraction of sp³-hybridized carbons (Fsp3) is 0.385. The minimum absolute atomic E-state index is 0.101. The summed E-state index contributed by atoms with van der Waals surface area (Å²) in [6.07, 6.45) is 3.20. The molecule has 0 radical (unpaired) electrons. The molecule has 0 saturated carbocycles. The molecule has 2 aromatic rings. The lowest BCUT2D eigenvalue weighted by atomic mass is 10.1. The van der Waals surface area contributed by atoms with Crippen LogP contribution in [0.25, 0.3) is 10.9 Å².